The van der Waals surface area contributed by atoms with Crippen LogP contribution in [0.3, 0.4) is 0 Å². The van der Waals surface area contributed by atoms with Crippen LogP contribution in [-0.2, 0) is 14.3 Å². The van der Waals surface area contributed by atoms with Crippen molar-refractivity contribution < 1.29 is 23.7 Å². The van der Waals surface area contributed by atoms with Gasteiger partial charge in [-0.1, -0.05) is 12.1 Å². The molecular formula is C15H21NO5. The van der Waals surface area contributed by atoms with Gasteiger partial charge in [0, 0.05) is 14.2 Å². The molecule has 2 rings (SSSR count). The van der Waals surface area contributed by atoms with Crippen LogP contribution in [0.4, 0.5) is 0 Å². The van der Waals surface area contributed by atoms with E-state index in [1.165, 1.54) is 0 Å². The summed E-state index contributed by atoms with van der Waals surface area (Å²) in [7, 11) is 3.32. The maximum Gasteiger partial charge on any atom is 0.248 e. The third-order valence-corrected chi connectivity index (χ3v) is 3.13. The van der Waals surface area contributed by atoms with Crippen molar-refractivity contribution in [2.45, 2.75) is 6.10 Å². The van der Waals surface area contributed by atoms with Crippen molar-refractivity contribution in [3.8, 4) is 11.5 Å². The molecule has 0 spiro atoms. The number of para-hydroxylation sites is 2. The summed E-state index contributed by atoms with van der Waals surface area (Å²) in [6.07, 6.45) is -0.173. The Balaban J connectivity index is 1.76. The van der Waals surface area contributed by atoms with Crippen molar-refractivity contribution in [2.75, 3.05) is 47.1 Å². The number of hydrogen-bond acceptors (Lipinski definition) is 5. The fraction of sp³-hybridized carbons (Fsp3) is 0.533. The van der Waals surface area contributed by atoms with E-state index in [0.29, 0.717) is 32.1 Å². The third-order valence-electron chi connectivity index (χ3n) is 3.13. The second-order valence-electron chi connectivity index (χ2n) is 4.82. The number of rotatable bonds is 7. The van der Waals surface area contributed by atoms with Crippen molar-refractivity contribution in [2.24, 2.45) is 0 Å². The largest absolute Gasteiger partial charge is 0.486 e. The first kappa shape index (κ1) is 15.6. The van der Waals surface area contributed by atoms with Crippen LogP contribution < -0.4 is 9.47 Å². The first-order valence-corrected chi connectivity index (χ1v) is 6.90. The molecule has 6 heteroatoms. The molecule has 116 valence electrons. The van der Waals surface area contributed by atoms with Gasteiger partial charge in [0.15, 0.2) is 17.6 Å². The molecule has 1 aliphatic rings. The van der Waals surface area contributed by atoms with Crippen molar-refractivity contribution >= 4 is 5.91 Å². The third kappa shape index (κ3) is 4.61. The molecule has 0 saturated carbocycles. The summed E-state index contributed by atoms with van der Waals surface area (Å²) in [5.41, 5.74) is 0. The maximum atomic E-state index is 11.9. The molecule has 21 heavy (non-hydrogen) atoms. The van der Waals surface area contributed by atoms with Crippen LogP contribution >= 0.6 is 0 Å². The summed E-state index contributed by atoms with van der Waals surface area (Å²) < 4.78 is 21.5. The monoisotopic (exact) mass is 295 g/mol. The summed E-state index contributed by atoms with van der Waals surface area (Å²) in [6.45, 7) is 1.82. The van der Waals surface area contributed by atoms with E-state index < -0.39 is 0 Å². The van der Waals surface area contributed by atoms with Gasteiger partial charge in [0.2, 0.25) is 5.91 Å². The van der Waals surface area contributed by atoms with E-state index in [0.717, 1.165) is 5.75 Å². The number of hydrogen-bond donors (Lipinski definition) is 0. The Bertz CT molecular complexity index is 465. The molecule has 0 bridgehead atoms. The zero-order valence-corrected chi connectivity index (χ0v) is 12.4. The molecule has 0 fully saturated rings. The van der Waals surface area contributed by atoms with Gasteiger partial charge in [-0.2, -0.15) is 0 Å². The molecule has 0 N–H and O–H groups in total. The lowest BCUT2D eigenvalue weighted by molar-refractivity contribution is -0.136. The minimum Gasteiger partial charge on any atom is -0.486 e. The zero-order chi connectivity index (χ0) is 15.1. The predicted octanol–water partition coefficient (Wildman–Crippen LogP) is 0.948. The number of carbonyl (C=O) groups is 1. The van der Waals surface area contributed by atoms with Crippen LogP contribution in [-0.4, -0.2) is 64.0 Å². The smallest absolute Gasteiger partial charge is 0.248 e. The molecule has 1 unspecified atom stereocenters. The maximum absolute atomic E-state index is 11.9. The molecule has 0 saturated heterocycles. The highest BCUT2D eigenvalue weighted by Crippen LogP contribution is 2.30. The van der Waals surface area contributed by atoms with Crippen molar-refractivity contribution in [3.05, 3.63) is 24.3 Å². The molecule has 0 radical (unpaired) electrons. The van der Waals surface area contributed by atoms with Crippen LogP contribution in [0, 0.1) is 0 Å². The number of ether oxygens (including phenoxy) is 4. The highest BCUT2D eigenvalue weighted by Gasteiger charge is 2.23. The predicted molar refractivity (Wildman–Crippen MR) is 76.7 cm³/mol. The quantitative estimate of drug-likeness (QED) is 0.701. The molecule has 0 aliphatic carbocycles. The van der Waals surface area contributed by atoms with Crippen LogP contribution in [0.5, 0.6) is 11.5 Å². The summed E-state index contributed by atoms with van der Waals surface area (Å²) in [5.74, 6) is 1.37. The normalized spacial score (nSPS) is 16.6. The van der Waals surface area contributed by atoms with Crippen molar-refractivity contribution in [1.29, 1.82) is 0 Å². The first-order valence-electron chi connectivity index (χ1n) is 6.90. The molecule has 1 heterocycles. The summed E-state index contributed by atoms with van der Waals surface area (Å²) in [5, 5.41) is 0. The summed E-state index contributed by atoms with van der Waals surface area (Å²) in [4.78, 5) is 13.5. The van der Waals surface area contributed by atoms with Gasteiger partial charge < -0.3 is 23.8 Å². The average Bonchev–Trinajstić information content (AvgIpc) is 2.51. The van der Waals surface area contributed by atoms with Gasteiger partial charge in [-0.3, -0.25) is 4.79 Å². The molecular weight excluding hydrogens is 274 g/mol. The van der Waals surface area contributed by atoms with Gasteiger partial charge in [0.1, 0.15) is 13.2 Å². The Morgan fingerprint density at radius 2 is 2.10 bits per heavy atom. The van der Waals surface area contributed by atoms with E-state index in [1.807, 2.05) is 24.3 Å². The lowest BCUT2D eigenvalue weighted by Gasteiger charge is -2.29. The number of methoxy groups -OCH3 is 1. The molecule has 1 amide bonds. The highest BCUT2D eigenvalue weighted by molar-refractivity contribution is 5.77. The van der Waals surface area contributed by atoms with Crippen LogP contribution in [0.1, 0.15) is 0 Å². The number of fused-ring (bicyclic) bond motifs is 1. The van der Waals surface area contributed by atoms with E-state index in [4.69, 9.17) is 18.9 Å². The number of nitrogens with zero attached hydrogens (tertiary/aromatic N) is 1. The average molecular weight is 295 g/mol. The second kappa shape index (κ2) is 7.85. The number of benzene rings is 1. The number of likely N-dealkylation sites (N-methyl/N-ethyl adjacent to an activating group) is 1. The lowest BCUT2D eigenvalue weighted by Crippen LogP contribution is -2.43. The Morgan fingerprint density at radius 1 is 1.33 bits per heavy atom. The summed E-state index contributed by atoms with van der Waals surface area (Å²) >= 11 is 0. The van der Waals surface area contributed by atoms with E-state index in [9.17, 15) is 4.79 Å². The van der Waals surface area contributed by atoms with E-state index in [-0.39, 0.29) is 18.6 Å². The molecule has 1 atom stereocenters. The number of carbonyl (C=O) groups excluding carboxylic acids is 1. The van der Waals surface area contributed by atoms with Crippen molar-refractivity contribution in [3.63, 3.8) is 0 Å². The van der Waals surface area contributed by atoms with E-state index >= 15 is 0 Å². The van der Waals surface area contributed by atoms with Crippen LogP contribution in [0.25, 0.3) is 0 Å². The Labute approximate surface area is 124 Å². The lowest BCUT2D eigenvalue weighted by atomic mass is 10.2. The minimum atomic E-state index is -0.173. The van der Waals surface area contributed by atoms with Crippen molar-refractivity contribution in [1.82, 2.24) is 4.90 Å². The molecule has 1 aromatic rings. The van der Waals surface area contributed by atoms with Crippen LogP contribution in [0.2, 0.25) is 0 Å². The van der Waals surface area contributed by atoms with Crippen LogP contribution in [0.15, 0.2) is 24.3 Å². The Morgan fingerprint density at radius 3 is 2.86 bits per heavy atom. The first-order chi connectivity index (χ1) is 10.2. The fourth-order valence-electron chi connectivity index (χ4n) is 1.97. The van der Waals surface area contributed by atoms with Gasteiger partial charge in [-0.25, -0.2) is 0 Å². The molecule has 1 aromatic carbocycles. The highest BCUT2D eigenvalue weighted by atomic mass is 16.6. The topological polar surface area (TPSA) is 57.2 Å². The SMILES string of the molecule is COCCOCC(=O)N(C)CC1COc2ccccc2O1. The fourth-order valence-corrected chi connectivity index (χ4v) is 1.97. The molecule has 0 aromatic heterocycles. The molecule has 1 aliphatic heterocycles. The zero-order valence-electron chi connectivity index (χ0n) is 12.4. The minimum absolute atomic E-state index is 0.0457. The standard InChI is InChI=1S/C15H21NO5/c1-16(15(17)11-19-8-7-18-2)9-12-10-20-13-5-3-4-6-14(13)21-12/h3-6,12H,7-11H2,1-2H3. The molecule has 6 nitrogen and oxygen atoms in total. The second-order valence-corrected chi connectivity index (χ2v) is 4.82. The van der Waals surface area contributed by atoms with Gasteiger partial charge in [-0.15, -0.1) is 0 Å². The van der Waals surface area contributed by atoms with Gasteiger partial charge >= 0.3 is 0 Å². The Kier molecular flexibility index (Phi) is 5.83. The summed E-state index contributed by atoms with van der Waals surface area (Å²) in [6, 6.07) is 7.51. The Hall–Kier alpha value is -1.79. The van der Waals surface area contributed by atoms with E-state index in [1.54, 1.807) is 19.1 Å². The van der Waals surface area contributed by atoms with Gasteiger partial charge in [0.25, 0.3) is 0 Å². The van der Waals surface area contributed by atoms with E-state index in [2.05, 4.69) is 0 Å². The van der Waals surface area contributed by atoms with Gasteiger partial charge in [0.05, 0.1) is 19.8 Å². The van der Waals surface area contributed by atoms with Gasteiger partial charge in [-0.05, 0) is 12.1 Å². The number of amides is 1.